The highest BCUT2D eigenvalue weighted by Gasteiger charge is 2.18. The van der Waals surface area contributed by atoms with Gasteiger partial charge in [-0.3, -0.25) is 4.79 Å². The number of aryl methyl sites for hydroxylation is 2. The van der Waals surface area contributed by atoms with Gasteiger partial charge in [0.2, 0.25) is 5.78 Å². The Morgan fingerprint density at radius 2 is 1.78 bits per heavy atom. The maximum Gasteiger partial charge on any atom is 0.340 e. The molecule has 0 amide bonds. The first-order valence-corrected chi connectivity index (χ1v) is 8.82. The lowest BCUT2D eigenvalue weighted by atomic mass is 10.1. The molecule has 0 aliphatic heterocycles. The molecule has 5 nitrogen and oxygen atoms in total. The fourth-order valence-electron chi connectivity index (χ4n) is 2.92. The Bertz CT molecular complexity index is 990. The molecular formula is C21H19ClN2O3. The van der Waals surface area contributed by atoms with Gasteiger partial charge in [0.05, 0.1) is 5.56 Å². The lowest BCUT2D eigenvalue weighted by molar-refractivity contribution is 0.0474. The van der Waals surface area contributed by atoms with E-state index in [4.69, 9.17) is 16.3 Å². The molecule has 2 heterocycles. The molecule has 0 unspecified atom stereocenters. The highest BCUT2D eigenvalue weighted by molar-refractivity contribution is 6.29. The second kappa shape index (κ2) is 7.76. The van der Waals surface area contributed by atoms with Crippen LogP contribution in [0.1, 0.15) is 37.7 Å². The van der Waals surface area contributed by atoms with Gasteiger partial charge in [-0.2, -0.15) is 0 Å². The topological polar surface area (TPSA) is 61.2 Å². The Balaban J connectivity index is 1.75. The molecule has 0 saturated carbocycles. The van der Waals surface area contributed by atoms with Gasteiger partial charge in [0.1, 0.15) is 5.15 Å². The number of nitrogens with zero attached hydrogens (tertiary/aromatic N) is 2. The largest absolute Gasteiger partial charge is 0.454 e. The summed E-state index contributed by atoms with van der Waals surface area (Å²) >= 11 is 5.70. The number of carbonyl (C=O) groups excluding carboxylic acids is 2. The van der Waals surface area contributed by atoms with Crippen LogP contribution in [0.25, 0.3) is 5.69 Å². The third-order valence-corrected chi connectivity index (χ3v) is 4.54. The number of hydrogen-bond acceptors (Lipinski definition) is 4. The lowest BCUT2D eigenvalue weighted by Crippen LogP contribution is -2.15. The molecule has 0 atom stereocenters. The number of carbonyl (C=O) groups is 2. The molecule has 0 N–H and O–H groups in total. The third-order valence-electron chi connectivity index (χ3n) is 4.32. The minimum atomic E-state index is -0.611. The average molecular weight is 383 g/mol. The first-order valence-electron chi connectivity index (χ1n) is 8.44. The van der Waals surface area contributed by atoms with E-state index in [-0.39, 0.29) is 23.1 Å². The normalized spacial score (nSPS) is 10.7. The number of hydrogen-bond donors (Lipinski definition) is 0. The van der Waals surface area contributed by atoms with Crippen molar-refractivity contribution in [1.82, 2.24) is 9.55 Å². The predicted octanol–water partition coefficient (Wildman–Crippen LogP) is 4.49. The van der Waals surface area contributed by atoms with Crippen LogP contribution in [0.5, 0.6) is 0 Å². The van der Waals surface area contributed by atoms with Crippen LogP contribution in [0.2, 0.25) is 5.15 Å². The van der Waals surface area contributed by atoms with Crippen LogP contribution in [0.15, 0.2) is 48.7 Å². The van der Waals surface area contributed by atoms with Crippen molar-refractivity contribution in [2.75, 3.05) is 6.61 Å². The van der Waals surface area contributed by atoms with Gasteiger partial charge in [0.15, 0.2) is 6.61 Å². The summed E-state index contributed by atoms with van der Waals surface area (Å²) in [5.41, 5.74) is 4.69. The number of benzene rings is 1. The molecule has 0 radical (unpaired) electrons. The lowest BCUT2D eigenvalue weighted by Gasteiger charge is -2.10. The van der Waals surface area contributed by atoms with E-state index >= 15 is 0 Å². The van der Waals surface area contributed by atoms with Gasteiger partial charge in [-0.15, -0.1) is 0 Å². The molecule has 0 fully saturated rings. The molecule has 0 saturated heterocycles. The van der Waals surface area contributed by atoms with Crippen LogP contribution < -0.4 is 0 Å². The number of Topliss-reactive ketones (excluding diaryl/α,β-unsaturated/α-hetero) is 1. The zero-order valence-electron chi connectivity index (χ0n) is 15.3. The van der Waals surface area contributed by atoms with E-state index in [0.29, 0.717) is 5.56 Å². The first kappa shape index (κ1) is 18.9. The molecular weight excluding hydrogens is 364 g/mol. The first-order chi connectivity index (χ1) is 12.9. The van der Waals surface area contributed by atoms with Gasteiger partial charge in [-0.25, -0.2) is 9.78 Å². The summed E-state index contributed by atoms with van der Waals surface area (Å²) in [7, 11) is 0. The summed E-state index contributed by atoms with van der Waals surface area (Å²) in [6.45, 7) is 5.51. The van der Waals surface area contributed by atoms with Crippen molar-refractivity contribution in [3.05, 3.63) is 81.9 Å². The summed E-state index contributed by atoms with van der Waals surface area (Å²) < 4.78 is 7.14. The van der Waals surface area contributed by atoms with E-state index in [1.807, 2.05) is 55.7 Å². The summed E-state index contributed by atoms with van der Waals surface area (Å²) in [5, 5.41) is 0.283. The third kappa shape index (κ3) is 4.09. The number of ketones is 1. The molecule has 0 aliphatic carbocycles. The van der Waals surface area contributed by atoms with Crippen LogP contribution >= 0.6 is 11.6 Å². The van der Waals surface area contributed by atoms with Crippen molar-refractivity contribution < 1.29 is 14.3 Å². The van der Waals surface area contributed by atoms with Gasteiger partial charge >= 0.3 is 5.97 Å². The van der Waals surface area contributed by atoms with Crippen molar-refractivity contribution in [3.63, 3.8) is 0 Å². The zero-order valence-corrected chi connectivity index (χ0v) is 16.1. The van der Waals surface area contributed by atoms with Crippen molar-refractivity contribution in [1.29, 1.82) is 0 Å². The maximum absolute atomic E-state index is 12.6. The number of aromatic nitrogens is 2. The van der Waals surface area contributed by atoms with E-state index in [9.17, 15) is 9.59 Å². The van der Waals surface area contributed by atoms with Crippen molar-refractivity contribution in [2.45, 2.75) is 20.8 Å². The number of rotatable bonds is 5. The molecule has 2 aromatic heterocycles. The van der Waals surface area contributed by atoms with Crippen LogP contribution in [0.3, 0.4) is 0 Å². The van der Waals surface area contributed by atoms with Crippen LogP contribution in [0.4, 0.5) is 0 Å². The molecule has 0 spiro atoms. The van der Waals surface area contributed by atoms with Crippen molar-refractivity contribution in [2.24, 2.45) is 0 Å². The SMILES string of the molecule is Cc1ccc(-n2c(C)cc(C(=O)COC(=O)c3ccc(Cl)nc3)c2C)cc1. The Morgan fingerprint density at radius 3 is 2.41 bits per heavy atom. The highest BCUT2D eigenvalue weighted by atomic mass is 35.5. The summed E-state index contributed by atoms with van der Waals surface area (Å²) in [4.78, 5) is 28.4. The monoisotopic (exact) mass is 382 g/mol. The predicted molar refractivity (Wildman–Crippen MR) is 104 cm³/mol. The van der Waals surface area contributed by atoms with Crippen LogP contribution in [-0.4, -0.2) is 27.9 Å². The Kier molecular flexibility index (Phi) is 5.42. The number of ether oxygens (including phenoxy) is 1. The van der Waals surface area contributed by atoms with Gasteiger partial charge < -0.3 is 9.30 Å². The minimum absolute atomic E-state index is 0.248. The van der Waals surface area contributed by atoms with E-state index in [1.54, 1.807) is 0 Å². The second-order valence-electron chi connectivity index (χ2n) is 6.32. The molecule has 3 aromatic rings. The van der Waals surface area contributed by atoms with E-state index in [0.717, 1.165) is 17.1 Å². The van der Waals surface area contributed by atoms with Gasteiger partial charge in [-0.1, -0.05) is 29.3 Å². The molecule has 1 aromatic carbocycles. The minimum Gasteiger partial charge on any atom is -0.454 e. The van der Waals surface area contributed by atoms with Gasteiger partial charge in [-0.05, 0) is 51.1 Å². The van der Waals surface area contributed by atoms with Gasteiger partial charge in [0.25, 0.3) is 0 Å². The number of halogens is 1. The Morgan fingerprint density at radius 1 is 1.07 bits per heavy atom. The molecule has 0 bridgehead atoms. The molecule has 0 aliphatic rings. The standard InChI is InChI=1S/C21H19ClN2O3/c1-13-4-7-17(8-5-13)24-14(2)10-18(15(24)3)19(25)12-27-21(26)16-6-9-20(22)23-11-16/h4-11H,12H2,1-3H3. The maximum atomic E-state index is 12.6. The van der Waals surface area contributed by atoms with Gasteiger partial charge in [0, 0.05) is 28.8 Å². The molecule has 3 rings (SSSR count). The van der Waals surface area contributed by atoms with Crippen molar-refractivity contribution in [3.8, 4) is 5.69 Å². The summed E-state index contributed by atoms with van der Waals surface area (Å²) in [6, 6.07) is 12.9. The highest BCUT2D eigenvalue weighted by Crippen LogP contribution is 2.22. The summed E-state index contributed by atoms with van der Waals surface area (Å²) in [6.07, 6.45) is 1.32. The second-order valence-corrected chi connectivity index (χ2v) is 6.71. The smallest absolute Gasteiger partial charge is 0.340 e. The Hall–Kier alpha value is -2.92. The fraction of sp³-hybridized carbons (Fsp3) is 0.190. The average Bonchev–Trinajstić information content (AvgIpc) is 2.95. The van der Waals surface area contributed by atoms with E-state index in [1.165, 1.54) is 23.9 Å². The summed E-state index contributed by atoms with van der Waals surface area (Å²) in [5.74, 6) is -0.864. The number of esters is 1. The quantitative estimate of drug-likeness (QED) is 0.370. The van der Waals surface area contributed by atoms with E-state index in [2.05, 4.69) is 4.98 Å². The van der Waals surface area contributed by atoms with Crippen molar-refractivity contribution >= 4 is 23.4 Å². The zero-order chi connectivity index (χ0) is 19.6. The Labute approximate surface area is 162 Å². The van der Waals surface area contributed by atoms with E-state index < -0.39 is 5.97 Å². The van der Waals surface area contributed by atoms with Crippen LogP contribution in [0, 0.1) is 20.8 Å². The molecule has 138 valence electrons. The number of pyridine rings is 1. The molecule has 6 heteroatoms. The molecule has 27 heavy (non-hydrogen) atoms. The fourth-order valence-corrected chi connectivity index (χ4v) is 3.04. The van der Waals surface area contributed by atoms with Crippen LogP contribution in [-0.2, 0) is 4.74 Å².